The predicted octanol–water partition coefficient (Wildman–Crippen LogP) is 0.969. The second-order valence-corrected chi connectivity index (χ2v) is 4.98. The summed E-state index contributed by atoms with van der Waals surface area (Å²) in [4.78, 5) is 14.4. The largest absolute Gasteiger partial charge is 0.348 e. The number of hydrogen-bond acceptors (Lipinski definition) is 3. The van der Waals surface area contributed by atoms with Crippen LogP contribution in [0.3, 0.4) is 0 Å². The molecule has 4 heteroatoms. The van der Waals surface area contributed by atoms with Crippen LogP contribution in [0.25, 0.3) is 0 Å². The van der Waals surface area contributed by atoms with Gasteiger partial charge in [0.05, 0.1) is 0 Å². The van der Waals surface area contributed by atoms with Crippen molar-refractivity contribution in [2.24, 2.45) is 5.73 Å². The van der Waals surface area contributed by atoms with E-state index in [1.165, 1.54) is 0 Å². The number of rotatable bonds is 3. The maximum atomic E-state index is 12.1. The highest BCUT2D eigenvalue weighted by molar-refractivity contribution is 5.94. The highest BCUT2D eigenvalue weighted by Crippen LogP contribution is 2.10. The van der Waals surface area contributed by atoms with Crippen molar-refractivity contribution in [2.45, 2.75) is 25.4 Å². The number of piperidine rings is 1. The van der Waals surface area contributed by atoms with Crippen molar-refractivity contribution >= 4 is 5.91 Å². The average molecular weight is 247 g/mol. The van der Waals surface area contributed by atoms with Gasteiger partial charge in [-0.05, 0) is 44.1 Å². The molecular weight excluding hydrogens is 226 g/mol. The Morgan fingerprint density at radius 3 is 3.11 bits per heavy atom. The first-order valence-corrected chi connectivity index (χ1v) is 6.47. The van der Waals surface area contributed by atoms with Gasteiger partial charge in [0.15, 0.2) is 0 Å². The second-order valence-electron chi connectivity index (χ2n) is 4.98. The number of likely N-dealkylation sites (N-methyl/N-ethyl adjacent to an activating group) is 1. The van der Waals surface area contributed by atoms with Crippen LogP contribution in [0.4, 0.5) is 0 Å². The zero-order valence-electron chi connectivity index (χ0n) is 10.9. The van der Waals surface area contributed by atoms with E-state index in [0.29, 0.717) is 12.1 Å². The van der Waals surface area contributed by atoms with Gasteiger partial charge in [-0.3, -0.25) is 4.79 Å². The van der Waals surface area contributed by atoms with E-state index < -0.39 is 0 Å². The number of nitrogens with one attached hydrogen (secondary N) is 1. The van der Waals surface area contributed by atoms with Crippen molar-refractivity contribution in [2.75, 3.05) is 20.1 Å². The maximum absolute atomic E-state index is 12.1. The quantitative estimate of drug-likeness (QED) is 0.836. The lowest BCUT2D eigenvalue weighted by atomic mass is 10.1. The van der Waals surface area contributed by atoms with Gasteiger partial charge in [-0.15, -0.1) is 0 Å². The highest BCUT2D eigenvalue weighted by atomic mass is 16.1. The Morgan fingerprint density at radius 1 is 1.56 bits per heavy atom. The first kappa shape index (κ1) is 13.1. The lowest BCUT2D eigenvalue weighted by molar-refractivity contribution is 0.0912. The molecule has 3 N–H and O–H groups in total. The summed E-state index contributed by atoms with van der Waals surface area (Å²) >= 11 is 0. The number of carbonyl (C=O) groups excluding carboxylic acids is 1. The number of benzene rings is 1. The molecule has 1 atom stereocenters. The smallest absolute Gasteiger partial charge is 0.251 e. The molecule has 0 bridgehead atoms. The molecule has 98 valence electrons. The van der Waals surface area contributed by atoms with Crippen LogP contribution in [0.2, 0.25) is 0 Å². The normalized spacial score (nSPS) is 20.7. The minimum atomic E-state index is 0.00519. The lowest BCUT2D eigenvalue weighted by Crippen LogP contribution is -2.46. The third kappa shape index (κ3) is 3.31. The van der Waals surface area contributed by atoms with Gasteiger partial charge in [0.25, 0.3) is 5.91 Å². The minimum Gasteiger partial charge on any atom is -0.348 e. The van der Waals surface area contributed by atoms with E-state index in [2.05, 4.69) is 17.3 Å². The Hall–Kier alpha value is -1.39. The zero-order valence-corrected chi connectivity index (χ0v) is 10.9. The van der Waals surface area contributed by atoms with Gasteiger partial charge in [-0.1, -0.05) is 12.1 Å². The molecule has 1 unspecified atom stereocenters. The summed E-state index contributed by atoms with van der Waals surface area (Å²) in [5.74, 6) is 0.00519. The molecule has 0 spiro atoms. The lowest BCUT2D eigenvalue weighted by Gasteiger charge is -2.30. The molecule has 0 radical (unpaired) electrons. The average Bonchev–Trinajstić information content (AvgIpc) is 2.39. The van der Waals surface area contributed by atoms with Crippen LogP contribution in [0, 0.1) is 0 Å². The van der Waals surface area contributed by atoms with Crippen LogP contribution in [0.15, 0.2) is 24.3 Å². The summed E-state index contributed by atoms with van der Waals surface area (Å²) in [5.41, 5.74) is 7.27. The fourth-order valence-electron chi connectivity index (χ4n) is 2.39. The zero-order chi connectivity index (χ0) is 13.0. The number of amides is 1. The maximum Gasteiger partial charge on any atom is 0.251 e. The Kier molecular flexibility index (Phi) is 4.33. The molecule has 1 heterocycles. The summed E-state index contributed by atoms with van der Waals surface area (Å²) in [6.07, 6.45) is 2.21. The molecule has 1 fully saturated rings. The molecule has 2 rings (SSSR count). The van der Waals surface area contributed by atoms with Crippen molar-refractivity contribution in [3.63, 3.8) is 0 Å². The van der Waals surface area contributed by atoms with E-state index in [1.54, 1.807) is 0 Å². The van der Waals surface area contributed by atoms with E-state index >= 15 is 0 Å². The van der Waals surface area contributed by atoms with Crippen molar-refractivity contribution in [3.8, 4) is 0 Å². The van der Waals surface area contributed by atoms with Gasteiger partial charge in [0.1, 0.15) is 0 Å². The molecule has 1 amide bonds. The molecule has 1 aliphatic rings. The standard InChI is InChI=1S/C14H21N3O/c1-17-7-3-6-13(10-17)16-14(18)12-5-2-4-11(8-12)9-15/h2,4-5,8,13H,3,6-7,9-10,15H2,1H3,(H,16,18). The van der Waals surface area contributed by atoms with Gasteiger partial charge in [-0.25, -0.2) is 0 Å². The molecule has 0 saturated carbocycles. The van der Waals surface area contributed by atoms with Crippen LogP contribution in [-0.2, 0) is 6.54 Å². The van der Waals surface area contributed by atoms with Gasteiger partial charge in [0, 0.05) is 24.7 Å². The molecule has 0 aliphatic carbocycles. The predicted molar refractivity (Wildman–Crippen MR) is 72.3 cm³/mol. The van der Waals surface area contributed by atoms with E-state index in [9.17, 15) is 4.79 Å². The topological polar surface area (TPSA) is 58.4 Å². The van der Waals surface area contributed by atoms with Crippen molar-refractivity contribution < 1.29 is 4.79 Å². The van der Waals surface area contributed by atoms with Crippen LogP contribution >= 0.6 is 0 Å². The number of hydrogen-bond donors (Lipinski definition) is 2. The van der Waals surface area contributed by atoms with Crippen LogP contribution in [0.5, 0.6) is 0 Å². The second kappa shape index (κ2) is 5.98. The van der Waals surface area contributed by atoms with Gasteiger partial charge >= 0.3 is 0 Å². The Labute approximate surface area is 108 Å². The first-order valence-electron chi connectivity index (χ1n) is 6.47. The monoisotopic (exact) mass is 247 g/mol. The highest BCUT2D eigenvalue weighted by Gasteiger charge is 2.19. The van der Waals surface area contributed by atoms with Gasteiger partial charge < -0.3 is 16.0 Å². The summed E-state index contributed by atoms with van der Waals surface area (Å²) in [6, 6.07) is 7.77. The molecule has 1 aromatic rings. The van der Waals surface area contributed by atoms with E-state index in [0.717, 1.165) is 31.5 Å². The first-order chi connectivity index (χ1) is 8.69. The van der Waals surface area contributed by atoms with Crippen LogP contribution in [0.1, 0.15) is 28.8 Å². The number of likely N-dealkylation sites (tertiary alicyclic amines) is 1. The molecule has 1 aromatic carbocycles. The van der Waals surface area contributed by atoms with E-state index in [-0.39, 0.29) is 11.9 Å². The van der Waals surface area contributed by atoms with Crippen LogP contribution < -0.4 is 11.1 Å². The Bertz CT molecular complexity index is 419. The van der Waals surface area contributed by atoms with E-state index in [1.807, 2.05) is 24.3 Å². The Balaban J connectivity index is 1.98. The van der Waals surface area contributed by atoms with Crippen molar-refractivity contribution in [1.82, 2.24) is 10.2 Å². The summed E-state index contributed by atoms with van der Waals surface area (Å²) < 4.78 is 0. The summed E-state index contributed by atoms with van der Waals surface area (Å²) in [7, 11) is 2.09. The fraction of sp³-hybridized carbons (Fsp3) is 0.500. The van der Waals surface area contributed by atoms with Crippen LogP contribution in [-0.4, -0.2) is 37.0 Å². The third-order valence-corrected chi connectivity index (χ3v) is 3.38. The van der Waals surface area contributed by atoms with Crippen molar-refractivity contribution in [1.29, 1.82) is 0 Å². The number of nitrogens with zero attached hydrogens (tertiary/aromatic N) is 1. The van der Waals surface area contributed by atoms with E-state index in [4.69, 9.17) is 5.73 Å². The number of carbonyl (C=O) groups is 1. The van der Waals surface area contributed by atoms with Gasteiger partial charge in [-0.2, -0.15) is 0 Å². The molecule has 1 aliphatic heterocycles. The number of nitrogens with two attached hydrogens (primary N) is 1. The molecule has 1 saturated heterocycles. The fourth-order valence-corrected chi connectivity index (χ4v) is 2.39. The summed E-state index contributed by atoms with van der Waals surface area (Å²) in [5, 5.41) is 3.10. The Morgan fingerprint density at radius 2 is 2.39 bits per heavy atom. The molecule has 4 nitrogen and oxygen atoms in total. The SMILES string of the molecule is CN1CCCC(NC(=O)c2cccc(CN)c2)C1. The summed E-state index contributed by atoms with van der Waals surface area (Å²) in [6.45, 7) is 2.52. The van der Waals surface area contributed by atoms with Gasteiger partial charge in [0.2, 0.25) is 0 Å². The third-order valence-electron chi connectivity index (χ3n) is 3.38. The molecular formula is C14H21N3O. The minimum absolute atomic E-state index is 0.00519. The molecule has 0 aromatic heterocycles. The molecule has 18 heavy (non-hydrogen) atoms. The van der Waals surface area contributed by atoms with Crippen molar-refractivity contribution in [3.05, 3.63) is 35.4 Å².